The lowest BCUT2D eigenvalue weighted by Gasteiger charge is -2.37. The van der Waals surface area contributed by atoms with E-state index in [-0.39, 0.29) is 6.04 Å². The number of hydrogen-bond acceptors (Lipinski definition) is 3. The predicted octanol–water partition coefficient (Wildman–Crippen LogP) is 3.39. The smallest absolute Gasteiger partial charge is 0.0838 e. The van der Waals surface area contributed by atoms with Crippen molar-refractivity contribution in [3.05, 3.63) is 72.6 Å². The molecule has 1 aromatic heterocycles. The summed E-state index contributed by atoms with van der Waals surface area (Å²) in [7, 11) is 0. The van der Waals surface area contributed by atoms with E-state index >= 15 is 0 Å². The Bertz CT molecular complexity index is 770. The van der Waals surface area contributed by atoms with Crippen molar-refractivity contribution in [2.24, 2.45) is 0 Å². The topological polar surface area (TPSA) is 28.2 Å². The van der Waals surface area contributed by atoms with Crippen molar-refractivity contribution in [2.75, 3.05) is 24.5 Å². The SMILES string of the molecule is c1ccc(C2CNCCN2c2ccc3ccccc3c2)nc1. The first-order chi connectivity index (χ1) is 10.9. The zero-order chi connectivity index (χ0) is 14.8. The number of nitrogens with one attached hydrogen (secondary N) is 1. The van der Waals surface area contributed by atoms with Gasteiger partial charge in [-0.1, -0.05) is 36.4 Å². The Kier molecular flexibility index (Phi) is 3.49. The zero-order valence-corrected chi connectivity index (χ0v) is 12.4. The molecule has 4 rings (SSSR count). The third kappa shape index (κ3) is 2.44. The van der Waals surface area contributed by atoms with Crippen LogP contribution in [0.25, 0.3) is 10.8 Å². The Labute approximate surface area is 130 Å². The summed E-state index contributed by atoms with van der Waals surface area (Å²) in [4.78, 5) is 7.02. The van der Waals surface area contributed by atoms with E-state index in [4.69, 9.17) is 0 Å². The average Bonchev–Trinajstić information content (AvgIpc) is 2.62. The second-order valence-electron chi connectivity index (χ2n) is 5.70. The quantitative estimate of drug-likeness (QED) is 0.784. The molecule has 2 aromatic carbocycles. The highest BCUT2D eigenvalue weighted by Crippen LogP contribution is 2.29. The maximum atomic E-state index is 4.56. The molecular formula is C19H19N3. The molecule has 1 N–H and O–H groups in total. The molecule has 1 unspecified atom stereocenters. The Morgan fingerprint density at radius 2 is 1.82 bits per heavy atom. The lowest BCUT2D eigenvalue weighted by atomic mass is 10.1. The first-order valence-corrected chi connectivity index (χ1v) is 7.79. The zero-order valence-electron chi connectivity index (χ0n) is 12.4. The molecule has 0 aliphatic carbocycles. The van der Waals surface area contributed by atoms with Crippen LogP contribution in [-0.4, -0.2) is 24.6 Å². The summed E-state index contributed by atoms with van der Waals surface area (Å²) in [6, 6.07) is 21.7. The van der Waals surface area contributed by atoms with E-state index in [0.29, 0.717) is 0 Å². The van der Waals surface area contributed by atoms with Gasteiger partial charge in [0.2, 0.25) is 0 Å². The molecule has 0 spiro atoms. The van der Waals surface area contributed by atoms with Crippen LogP contribution in [0.15, 0.2) is 66.9 Å². The molecule has 1 aliphatic heterocycles. The van der Waals surface area contributed by atoms with Crippen LogP contribution in [-0.2, 0) is 0 Å². The van der Waals surface area contributed by atoms with Gasteiger partial charge in [-0.05, 0) is 35.0 Å². The van der Waals surface area contributed by atoms with Crippen LogP contribution in [0.2, 0.25) is 0 Å². The molecule has 0 radical (unpaired) electrons. The second kappa shape index (κ2) is 5.78. The monoisotopic (exact) mass is 289 g/mol. The summed E-state index contributed by atoms with van der Waals surface area (Å²) in [6.45, 7) is 2.94. The van der Waals surface area contributed by atoms with Gasteiger partial charge in [-0.25, -0.2) is 0 Å². The highest BCUT2D eigenvalue weighted by Gasteiger charge is 2.24. The number of anilines is 1. The minimum Gasteiger partial charge on any atom is -0.360 e. The van der Waals surface area contributed by atoms with Crippen molar-refractivity contribution in [3.8, 4) is 0 Å². The Balaban J connectivity index is 1.74. The van der Waals surface area contributed by atoms with Crippen LogP contribution in [0, 0.1) is 0 Å². The normalized spacial score (nSPS) is 18.5. The first-order valence-electron chi connectivity index (χ1n) is 7.79. The van der Waals surface area contributed by atoms with Gasteiger partial charge >= 0.3 is 0 Å². The number of aromatic nitrogens is 1. The molecule has 3 heteroatoms. The maximum absolute atomic E-state index is 4.56. The molecule has 0 amide bonds. The summed E-state index contributed by atoms with van der Waals surface area (Å²) in [5.41, 5.74) is 2.40. The van der Waals surface area contributed by atoms with Crippen LogP contribution in [0.3, 0.4) is 0 Å². The van der Waals surface area contributed by atoms with Gasteiger partial charge < -0.3 is 10.2 Å². The van der Waals surface area contributed by atoms with Crippen molar-refractivity contribution in [1.29, 1.82) is 0 Å². The largest absolute Gasteiger partial charge is 0.360 e. The van der Waals surface area contributed by atoms with Gasteiger partial charge in [0.05, 0.1) is 11.7 Å². The van der Waals surface area contributed by atoms with Crippen molar-refractivity contribution in [3.63, 3.8) is 0 Å². The van der Waals surface area contributed by atoms with E-state index in [1.165, 1.54) is 16.5 Å². The van der Waals surface area contributed by atoms with Gasteiger partial charge in [0, 0.05) is 31.5 Å². The minimum absolute atomic E-state index is 0.288. The van der Waals surface area contributed by atoms with Gasteiger partial charge in [0.25, 0.3) is 0 Å². The Morgan fingerprint density at radius 1 is 0.955 bits per heavy atom. The van der Waals surface area contributed by atoms with Crippen molar-refractivity contribution < 1.29 is 0 Å². The van der Waals surface area contributed by atoms with Crippen LogP contribution < -0.4 is 10.2 Å². The standard InChI is InChI=1S/C19H19N3/c1-2-6-16-13-17(9-8-15(16)5-1)22-12-11-20-14-19(22)18-7-3-4-10-21-18/h1-10,13,19-20H,11-12,14H2. The molecule has 22 heavy (non-hydrogen) atoms. The molecule has 1 saturated heterocycles. The lowest BCUT2D eigenvalue weighted by molar-refractivity contribution is 0.482. The van der Waals surface area contributed by atoms with Crippen molar-refractivity contribution in [1.82, 2.24) is 10.3 Å². The van der Waals surface area contributed by atoms with Gasteiger partial charge in [-0.2, -0.15) is 0 Å². The Morgan fingerprint density at radius 3 is 2.68 bits per heavy atom. The molecule has 3 aromatic rings. The molecule has 0 saturated carbocycles. The number of pyridine rings is 1. The third-order valence-electron chi connectivity index (χ3n) is 4.34. The first kappa shape index (κ1) is 13.3. The molecule has 1 aliphatic rings. The number of benzene rings is 2. The van der Waals surface area contributed by atoms with Gasteiger partial charge in [-0.3, -0.25) is 4.98 Å². The van der Waals surface area contributed by atoms with Gasteiger partial charge in [-0.15, -0.1) is 0 Å². The third-order valence-corrected chi connectivity index (χ3v) is 4.34. The van der Waals surface area contributed by atoms with Crippen LogP contribution in [0.4, 0.5) is 5.69 Å². The van der Waals surface area contributed by atoms with E-state index in [2.05, 4.69) is 69.8 Å². The lowest BCUT2D eigenvalue weighted by Crippen LogP contribution is -2.46. The van der Waals surface area contributed by atoms with Crippen molar-refractivity contribution >= 4 is 16.5 Å². The molecule has 1 fully saturated rings. The second-order valence-corrected chi connectivity index (χ2v) is 5.70. The Hall–Kier alpha value is -2.39. The van der Waals surface area contributed by atoms with Crippen LogP contribution >= 0.6 is 0 Å². The van der Waals surface area contributed by atoms with E-state index in [9.17, 15) is 0 Å². The molecule has 0 bridgehead atoms. The molecule has 3 nitrogen and oxygen atoms in total. The number of fused-ring (bicyclic) bond motifs is 1. The van der Waals surface area contributed by atoms with Crippen molar-refractivity contribution in [2.45, 2.75) is 6.04 Å². The van der Waals surface area contributed by atoms with E-state index < -0.39 is 0 Å². The summed E-state index contributed by atoms with van der Waals surface area (Å²) >= 11 is 0. The summed E-state index contributed by atoms with van der Waals surface area (Å²) in [6.07, 6.45) is 1.88. The highest BCUT2D eigenvalue weighted by molar-refractivity contribution is 5.86. The average molecular weight is 289 g/mol. The molecular weight excluding hydrogens is 270 g/mol. The molecule has 110 valence electrons. The molecule has 1 atom stereocenters. The maximum Gasteiger partial charge on any atom is 0.0838 e. The number of rotatable bonds is 2. The summed E-state index contributed by atoms with van der Waals surface area (Å²) in [5.74, 6) is 0. The molecule has 2 heterocycles. The number of hydrogen-bond donors (Lipinski definition) is 1. The predicted molar refractivity (Wildman–Crippen MR) is 91.1 cm³/mol. The number of nitrogens with zero attached hydrogens (tertiary/aromatic N) is 2. The highest BCUT2D eigenvalue weighted by atomic mass is 15.2. The van der Waals surface area contributed by atoms with Crippen LogP contribution in [0.5, 0.6) is 0 Å². The summed E-state index contributed by atoms with van der Waals surface area (Å²) < 4.78 is 0. The van der Waals surface area contributed by atoms with Gasteiger partial charge in [0.1, 0.15) is 0 Å². The van der Waals surface area contributed by atoms with E-state index in [1.807, 2.05) is 12.3 Å². The fourth-order valence-electron chi connectivity index (χ4n) is 3.21. The van der Waals surface area contributed by atoms with E-state index in [0.717, 1.165) is 25.3 Å². The summed E-state index contributed by atoms with van der Waals surface area (Å²) in [5, 5.41) is 6.07. The number of piperazine rings is 1. The fraction of sp³-hybridized carbons (Fsp3) is 0.211. The van der Waals surface area contributed by atoms with E-state index in [1.54, 1.807) is 0 Å². The minimum atomic E-state index is 0.288. The fourth-order valence-corrected chi connectivity index (χ4v) is 3.21. The van der Waals surface area contributed by atoms with Crippen LogP contribution in [0.1, 0.15) is 11.7 Å². The van der Waals surface area contributed by atoms with Gasteiger partial charge in [0.15, 0.2) is 0 Å².